The summed E-state index contributed by atoms with van der Waals surface area (Å²) in [4.78, 5) is 38.6. The summed E-state index contributed by atoms with van der Waals surface area (Å²) in [5.41, 5.74) is 0.677. The average Bonchev–Trinajstić information content (AvgIpc) is 3.26. The normalized spacial score (nSPS) is 40.4. The number of carboxylic acid groups (broad SMARTS) is 1. The van der Waals surface area contributed by atoms with Gasteiger partial charge in [0.15, 0.2) is 5.78 Å². The topological polar surface area (TPSA) is 113 Å². The lowest BCUT2D eigenvalue weighted by atomic mass is 9.33. The van der Waals surface area contributed by atoms with Crippen molar-refractivity contribution in [1.82, 2.24) is 5.32 Å². The Morgan fingerprint density at radius 1 is 0.915 bits per heavy atom. The summed E-state index contributed by atoms with van der Waals surface area (Å²) in [5.74, 6) is 0.190. The predicted molar refractivity (Wildman–Crippen MR) is 184 cm³/mol. The molecule has 0 spiro atoms. The predicted octanol–water partition coefficient (Wildman–Crippen LogP) is 7.74. The minimum Gasteiger partial charge on any atom is -0.481 e. The van der Waals surface area contributed by atoms with Gasteiger partial charge in [0.25, 0.3) is 0 Å². The maximum Gasteiger partial charge on any atom is 0.309 e. The number of hydrogen-bond acceptors (Lipinski definition) is 6. The first-order valence-electron chi connectivity index (χ1n) is 18.7. The van der Waals surface area contributed by atoms with Crippen LogP contribution in [0.3, 0.4) is 0 Å². The molecule has 7 nitrogen and oxygen atoms in total. The smallest absolute Gasteiger partial charge is 0.309 e. The summed E-state index contributed by atoms with van der Waals surface area (Å²) >= 11 is 0. The van der Waals surface area contributed by atoms with E-state index >= 15 is 0 Å². The van der Waals surface area contributed by atoms with Crippen molar-refractivity contribution in [2.45, 2.75) is 159 Å². The van der Waals surface area contributed by atoms with Crippen molar-refractivity contribution in [2.24, 2.45) is 56.2 Å². The van der Waals surface area contributed by atoms with E-state index in [2.05, 4.69) is 67.6 Å². The number of Topliss-reactive ketones (excluding diaryl/α,β-unsaturated/α-hetero) is 1. The number of ketones is 1. The van der Waals surface area contributed by atoms with E-state index in [0.717, 1.165) is 56.9 Å². The number of hydrogen-bond donors (Lipinski definition) is 3. The summed E-state index contributed by atoms with van der Waals surface area (Å²) in [6.07, 6.45) is 7.50. The molecule has 0 aromatic rings. The van der Waals surface area contributed by atoms with E-state index in [1.54, 1.807) is 13.8 Å². The van der Waals surface area contributed by atoms with Crippen LogP contribution in [-0.4, -0.2) is 52.7 Å². The zero-order chi connectivity index (χ0) is 35.1. The van der Waals surface area contributed by atoms with Gasteiger partial charge in [0.1, 0.15) is 6.10 Å². The largest absolute Gasteiger partial charge is 0.481 e. The highest BCUT2D eigenvalue weighted by Gasteiger charge is 2.70. The molecule has 4 saturated carbocycles. The second-order valence-electron chi connectivity index (χ2n) is 19.1. The third-order valence-corrected chi connectivity index (χ3v) is 15.2. The van der Waals surface area contributed by atoms with Crippen molar-refractivity contribution < 1.29 is 29.3 Å². The Morgan fingerprint density at radius 3 is 2.17 bits per heavy atom. The Balaban J connectivity index is 1.45. The van der Waals surface area contributed by atoms with Gasteiger partial charge in [-0.25, -0.2) is 0 Å². The van der Waals surface area contributed by atoms with Crippen LogP contribution in [0.2, 0.25) is 0 Å². The van der Waals surface area contributed by atoms with E-state index in [9.17, 15) is 24.6 Å². The Bertz CT molecular complexity index is 1310. The molecular weight excluding hydrogens is 590 g/mol. The molecule has 2 unspecified atom stereocenters. The fourth-order valence-electron chi connectivity index (χ4n) is 12.5. The van der Waals surface area contributed by atoms with Crippen LogP contribution in [0.4, 0.5) is 0 Å². The van der Waals surface area contributed by atoms with E-state index in [-0.39, 0.29) is 57.8 Å². The third-order valence-electron chi connectivity index (χ3n) is 15.2. The zero-order valence-corrected chi connectivity index (χ0v) is 31.3. The van der Waals surface area contributed by atoms with Crippen molar-refractivity contribution >= 4 is 17.7 Å². The van der Waals surface area contributed by atoms with Gasteiger partial charge in [-0.1, -0.05) is 67.9 Å². The van der Waals surface area contributed by atoms with Crippen molar-refractivity contribution in [1.29, 1.82) is 0 Å². The standard InChI is InChI=1S/C40H65NO6/c1-23(2)32-26(42)20-40(29(43)22-41-24(3)4)19-18-38(10)25(33(32)40)12-13-28-37(9)16-15-30(47-31(44)21-35(5,6)34(45)46)36(7,8)27(37)14-17-39(28,38)11/h23-25,27-30,41,43H,12-22H2,1-11H3,(H,45,46)/t25-,27+,28?,29?,30+,37+,38-,39-,40+/m1/s1. The van der Waals surface area contributed by atoms with Gasteiger partial charge < -0.3 is 20.3 Å². The van der Waals surface area contributed by atoms with Crippen LogP contribution in [0.15, 0.2) is 11.1 Å². The first-order valence-corrected chi connectivity index (χ1v) is 18.7. The highest BCUT2D eigenvalue weighted by atomic mass is 16.5. The summed E-state index contributed by atoms with van der Waals surface area (Å²) in [6, 6.07) is 0.272. The molecule has 0 saturated heterocycles. The molecule has 0 amide bonds. The summed E-state index contributed by atoms with van der Waals surface area (Å²) < 4.78 is 6.14. The number of rotatable bonds is 9. The number of ether oxygens (including phenoxy) is 1. The van der Waals surface area contributed by atoms with E-state index in [0.29, 0.717) is 24.8 Å². The molecule has 0 aliphatic heterocycles. The minimum absolute atomic E-state index is 0.0224. The Hall–Kier alpha value is -1.73. The van der Waals surface area contributed by atoms with E-state index in [1.165, 1.54) is 5.57 Å². The van der Waals surface area contributed by atoms with Gasteiger partial charge in [-0.15, -0.1) is 0 Å². The van der Waals surface area contributed by atoms with Crippen LogP contribution < -0.4 is 5.32 Å². The van der Waals surface area contributed by atoms with Gasteiger partial charge in [0.2, 0.25) is 0 Å². The van der Waals surface area contributed by atoms with E-state index < -0.39 is 28.9 Å². The number of carbonyl (C=O) groups is 3. The molecule has 5 rings (SSSR count). The molecule has 266 valence electrons. The highest BCUT2D eigenvalue weighted by Crippen LogP contribution is 2.77. The molecule has 0 aromatic carbocycles. The molecule has 5 aliphatic carbocycles. The highest BCUT2D eigenvalue weighted by molar-refractivity contribution is 6.00. The molecule has 0 aromatic heterocycles. The van der Waals surface area contributed by atoms with Crippen LogP contribution in [0.5, 0.6) is 0 Å². The SMILES string of the molecule is CC(C)NCC(O)[C@@]12CC[C@]3(C)[C@H](CCC4[C@@]5(C)CC[C@H](OC(=O)CC(C)(C)C(=O)O)C(C)(C)[C@@H]5CC[C@]43C)C1=C(C(C)C)C(=O)C2. The number of aliphatic hydroxyl groups is 1. The van der Waals surface area contributed by atoms with E-state index in [4.69, 9.17) is 4.74 Å². The number of allylic oxidation sites excluding steroid dienone is 1. The quantitative estimate of drug-likeness (QED) is 0.218. The van der Waals surface area contributed by atoms with Crippen molar-refractivity contribution in [3.8, 4) is 0 Å². The molecule has 4 fully saturated rings. The van der Waals surface area contributed by atoms with Gasteiger partial charge in [-0.05, 0) is 111 Å². The number of aliphatic carboxylic acids is 1. The lowest BCUT2D eigenvalue weighted by Gasteiger charge is -2.72. The molecule has 0 radical (unpaired) electrons. The number of esters is 1. The molecule has 7 heteroatoms. The van der Waals surface area contributed by atoms with Gasteiger partial charge in [0.05, 0.1) is 17.9 Å². The second kappa shape index (κ2) is 12.0. The number of fused-ring (bicyclic) bond motifs is 7. The minimum atomic E-state index is -1.15. The average molecular weight is 656 g/mol. The first-order chi connectivity index (χ1) is 21.6. The molecule has 47 heavy (non-hydrogen) atoms. The second-order valence-corrected chi connectivity index (χ2v) is 19.1. The zero-order valence-electron chi connectivity index (χ0n) is 31.3. The number of nitrogens with one attached hydrogen (secondary N) is 1. The molecule has 3 N–H and O–H groups in total. The van der Waals surface area contributed by atoms with Gasteiger partial charge in [0, 0.05) is 29.8 Å². The molecule has 0 bridgehead atoms. The maximum atomic E-state index is 13.8. The van der Waals surface area contributed by atoms with Gasteiger partial charge >= 0.3 is 11.9 Å². The first kappa shape index (κ1) is 36.5. The maximum absolute atomic E-state index is 13.8. The summed E-state index contributed by atoms with van der Waals surface area (Å²) in [6.45, 7) is 24.4. The molecule has 5 aliphatic rings. The van der Waals surface area contributed by atoms with Crippen LogP contribution in [0.1, 0.15) is 140 Å². The lowest BCUT2D eigenvalue weighted by Crippen LogP contribution is -2.66. The lowest BCUT2D eigenvalue weighted by molar-refractivity contribution is -0.235. The van der Waals surface area contributed by atoms with E-state index in [1.807, 2.05) is 0 Å². The third kappa shape index (κ3) is 5.47. The Kier molecular flexibility index (Phi) is 9.30. The fraction of sp³-hybridized carbons (Fsp3) is 0.875. The summed E-state index contributed by atoms with van der Waals surface area (Å²) in [5, 5.41) is 24.9. The van der Waals surface area contributed by atoms with Crippen LogP contribution in [0, 0.1) is 56.2 Å². The van der Waals surface area contributed by atoms with Crippen LogP contribution in [-0.2, 0) is 19.1 Å². The summed E-state index contributed by atoms with van der Waals surface area (Å²) in [7, 11) is 0. The number of carbonyl (C=O) groups excluding carboxylic acids is 2. The van der Waals surface area contributed by atoms with Gasteiger partial charge in [-0.3, -0.25) is 14.4 Å². The number of aliphatic hydroxyl groups excluding tert-OH is 1. The molecular formula is C40H65NO6. The Labute approximate surface area is 284 Å². The van der Waals surface area contributed by atoms with Crippen molar-refractivity contribution in [2.75, 3.05) is 6.54 Å². The van der Waals surface area contributed by atoms with Gasteiger partial charge in [-0.2, -0.15) is 0 Å². The number of carboxylic acids is 1. The molecule has 9 atom stereocenters. The van der Waals surface area contributed by atoms with Crippen LogP contribution in [0.25, 0.3) is 0 Å². The Morgan fingerprint density at radius 2 is 1.57 bits per heavy atom. The van der Waals surface area contributed by atoms with Crippen molar-refractivity contribution in [3.63, 3.8) is 0 Å². The monoisotopic (exact) mass is 655 g/mol. The molecule has 0 heterocycles. The van der Waals surface area contributed by atoms with Crippen molar-refractivity contribution in [3.05, 3.63) is 11.1 Å². The fourth-order valence-corrected chi connectivity index (χ4v) is 12.5. The van der Waals surface area contributed by atoms with Crippen LogP contribution >= 0.6 is 0 Å².